The molecule has 0 saturated heterocycles. The maximum absolute atomic E-state index is 12.3. The summed E-state index contributed by atoms with van der Waals surface area (Å²) < 4.78 is 5.98. The van der Waals surface area contributed by atoms with Crippen LogP contribution in [0.4, 0.5) is 0 Å². The molecule has 0 N–H and O–H groups in total. The Morgan fingerprint density at radius 1 is 1.00 bits per heavy atom. The minimum Gasteiger partial charge on any atom is -0.496 e. The molecule has 0 amide bonds. The number of hydrogen-bond acceptors (Lipinski definition) is 2. The van der Waals surface area contributed by atoms with E-state index in [1.807, 2.05) is 18.2 Å². The molecule has 0 spiro atoms. The van der Waals surface area contributed by atoms with Crippen molar-refractivity contribution in [3.63, 3.8) is 0 Å². The van der Waals surface area contributed by atoms with Gasteiger partial charge >= 0.3 is 0 Å². The Bertz CT molecular complexity index is 1030. The number of ether oxygens (including phenoxy) is 1. The number of carbonyl (C=O) groups excluding carboxylic acids is 1. The number of carbonyl (C=O) groups is 1. The number of ketones is 1. The van der Waals surface area contributed by atoms with Crippen molar-refractivity contribution in [2.24, 2.45) is 0 Å². The van der Waals surface area contributed by atoms with Crippen molar-refractivity contribution in [3.05, 3.63) is 94.5 Å². The first kappa shape index (κ1) is 22.2. The fraction of sp³-hybridized carbons (Fsp3) is 0.296. The fourth-order valence-electron chi connectivity index (χ4n) is 3.96. The van der Waals surface area contributed by atoms with Gasteiger partial charge in [0.25, 0.3) is 0 Å². The fourth-order valence-corrected chi connectivity index (χ4v) is 5.70. The molecule has 2 atom stereocenters. The average molecular weight is 419 g/mol. The molecule has 0 radical (unpaired) electrons. The number of Topliss-reactive ketones (excluding diaryl/α,β-unsaturated/α-hetero) is 1. The van der Waals surface area contributed by atoms with Crippen LogP contribution in [-0.2, 0) is 11.6 Å². The molecular formula is C27H31O2P. The van der Waals surface area contributed by atoms with Crippen LogP contribution in [0.2, 0.25) is 0 Å². The summed E-state index contributed by atoms with van der Waals surface area (Å²) in [5.74, 6) is 1.10. The Hall–Kier alpha value is -2.44. The predicted molar refractivity (Wildman–Crippen MR) is 129 cm³/mol. The van der Waals surface area contributed by atoms with Gasteiger partial charge in [-0.05, 0) is 42.3 Å². The lowest BCUT2D eigenvalue weighted by Crippen LogP contribution is -2.23. The largest absolute Gasteiger partial charge is 0.496 e. The molecule has 0 heterocycles. The van der Waals surface area contributed by atoms with Crippen LogP contribution in [0.3, 0.4) is 0 Å². The van der Waals surface area contributed by atoms with Gasteiger partial charge in [0, 0.05) is 22.7 Å². The van der Waals surface area contributed by atoms with Crippen LogP contribution in [0.15, 0.2) is 66.7 Å². The van der Waals surface area contributed by atoms with E-state index in [9.17, 15) is 4.79 Å². The molecule has 0 aromatic heterocycles. The third kappa shape index (κ3) is 4.65. The highest BCUT2D eigenvalue weighted by molar-refractivity contribution is 7.49. The van der Waals surface area contributed by atoms with Crippen LogP contribution in [0.25, 0.3) is 0 Å². The summed E-state index contributed by atoms with van der Waals surface area (Å²) in [5.41, 5.74) is 5.71. The molecule has 3 aromatic carbocycles. The van der Waals surface area contributed by atoms with Gasteiger partial charge in [0.2, 0.25) is 0 Å². The van der Waals surface area contributed by atoms with Crippen LogP contribution in [0, 0.1) is 6.92 Å². The molecule has 3 heteroatoms. The monoisotopic (exact) mass is 418 g/mol. The molecular weight excluding hydrogens is 387 g/mol. The first-order valence-electron chi connectivity index (χ1n) is 10.5. The first-order valence-corrected chi connectivity index (χ1v) is 11.5. The number of benzene rings is 3. The van der Waals surface area contributed by atoms with Crippen molar-refractivity contribution in [1.82, 2.24) is 0 Å². The van der Waals surface area contributed by atoms with Crippen molar-refractivity contribution in [3.8, 4) is 5.75 Å². The summed E-state index contributed by atoms with van der Waals surface area (Å²) in [7, 11) is 2.24. The van der Waals surface area contributed by atoms with Crippen LogP contribution >= 0.6 is 8.58 Å². The zero-order valence-electron chi connectivity index (χ0n) is 18.6. The smallest absolute Gasteiger partial charge is 0.160 e. The number of rotatable bonds is 8. The van der Waals surface area contributed by atoms with E-state index in [1.54, 1.807) is 14.0 Å². The van der Waals surface area contributed by atoms with E-state index < -0.39 is 0 Å². The van der Waals surface area contributed by atoms with Crippen molar-refractivity contribution in [2.75, 3.05) is 7.11 Å². The zero-order valence-corrected chi connectivity index (χ0v) is 19.6. The van der Waals surface area contributed by atoms with E-state index in [-0.39, 0.29) is 10.9 Å². The highest BCUT2D eigenvalue weighted by Gasteiger charge is 2.31. The molecule has 30 heavy (non-hydrogen) atoms. The predicted octanol–water partition coefficient (Wildman–Crippen LogP) is 6.43. The van der Waals surface area contributed by atoms with Gasteiger partial charge in [-0.3, -0.25) is 4.79 Å². The maximum atomic E-state index is 12.3. The number of para-hydroxylation sites is 1. The zero-order chi connectivity index (χ0) is 21.7. The van der Waals surface area contributed by atoms with E-state index in [0.717, 1.165) is 24.2 Å². The van der Waals surface area contributed by atoms with Gasteiger partial charge in [-0.15, -0.1) is 0 Å². The highest BCUT2D eigenvalue weighted by Crippen LogP contribution is 2.49. The van der Waals surface area contributed by atoms with Crippen molar-refractivity contribution in [2.45, 2.75) is 45.7 Å². The van der Waals surface area contributed by atoms with E-state index in [4.69, 9.17) is 4.74 Å². The van der Waals surface area contributed by atoms with Gasteiger partial charge in [0.05, 0.1) is 7.11 Å². The second-order valence-electron chi connectivity index (χ2n) is 8.02. The lowest BCUT2D eigenvalue weighted by atomic mass is 9.92. The Balaban J connectivity index is 2.06. The Kier molecular flexibility index (Phi) is 7.10. The Labute approximate surface area is 182 Å². The second kappa shape index (κ2) is 9.58. The van der Waals surface area contributed by atoms with Gasteiger partial charge in [0.1, 0.15) is 5.75 Å². The van der Waals surface area contributed by atoms with E-state index >= 15 is 0 Å². The maximum Gasteiger partial charge on any atom is 0.160 e. The lowest BCUT2D eigenvalue weighted by Gasteiger charge is -2.33. The third-order valence-corrected chi connectivity index (χ3v) is 7.98. The minimum atomic E-state index is -0.117. The molecule has 0 fully saturated rings. The minimum absolute atomic E-state index is 0.117. The Morgan fingerprint density at radius 3 is 2.33 bits per heavy atom. The van der Waals surface area contributed by atoms with Crippen LogP contribution in [0.1, 0.15) is 59.8 Å². The molecule has 0 aliphatic carbocycles. The summed E-state index contributed by atoms with van der Waals surface area (Å²) in [6.07, 6.45) is 1.80. The number of hydrogen-bond donors (Lipinski definition) is 0. The number of methoxy groups -OCH3 is 1. The molecule has 0 bridgehead atoms. The molecule has 156 valence electrons. The summed E-state index contributed by atoms with van der Waals surface area (Å²) >= 11 is 0. The van der Waals surface area contributed by atoms with Crippen molar-refractivity contribution < 1.29 is 9.53 Å². The molecule has 3 rings (SSSR count). The third-order valence-electron chi connectivity index (χ3n) is 5.89. The summed E-state index contributed by atoms with van der Waals surface area (Å²) in [5, 5.41) is 1.05. The highest BCUT2D eigenvalue weighted by atomic mass is 31.1. The summed E-state index contributed by atoms with van der Waals surface area (Å²) in [6, 6.07) is 23.0. The molecule has 2 unspecified atom stereocenters. The average Bonchev–Trinajstić information content (AvgIpc) is 2.75. The lowest BCUT2D eigenvalue weighted by molar-refractivity contribution is 0.101. The Morgan fingerprint density at radius 2 is 1.70 bits per heavy atom. The van der Waals surface area contributed by atoms with Gasteiger partial charge in [0.15, 0.2) is 5.78 Å². The van der Waals surface area contributed by atoms with E-state index in [2.05, 4.69) is 69.3 Å². The first-order chi connectivity index (χ1) is 14.4. The van der Waals surface area contributed by atoms with Crippen LogP contribution in [-0.4, -0.2) is 12.9 Å². The van der Waals surface area contributed by atoms with Crippen LogP contribution < -0.4 is 10.0 Å². The topological polar surface area (TPSA) is 26.3 Å². The molecule has 2 nitrogen and oxygen atoms in total. The van der Waals surface area contributed by atoms with E-state index in [1.165, 1.54) is 27.6 Å². The SMILES string of the molecule is CCC(C)(Pc1c(C)cccc1C(C)=O)c1cccc(Cc2ccccc2)c1OC. The standard InChI is InChI=1S/C27H31O2P/c1-6-27(4,30-26-19(2)12-10-16-23(26)20(3)28)24-17-11-15-22(25(24)29-5)18-21-13-8-7-9-14-21/h7-17,30H,6,18H2,1-5H3. The van der Waals surface area contributed by atoms with Gasteiger partial charge in [-0.2, -0.15) is 0 Å². The molecule has 0 saturated carbocycles. The van der Waals surface area contributed by atoms with E-state index in [0.29, 0.717) is 8.58 Å². The molecule has 3 aromatic rings. The molecule has 0 aliphatic rings. The van der Waals surface area contributed by atoms with Crippen LogP contribution in [0.5, 0.6) is 5.75 Å². The van der Waals surface area contributed by atoms with Gasteiger partial charge in [-0.1, -0.05) is 89.2 Å². The van der Waals surface area contributed by atoms with Gasteiger partial charge in [-0.25, -0.2) is 0 Å². The molecule has 0 aliphatic heterocycles. The summed E-state index contributed by atoms with van der Waals surface area (Å²) in [4.78, 5) is 12.3. The van der Waals surface area contributed by atoms with Gasteiger partial charge < -0.3 is 4.74 Å². The number of aryl methyl sites for hydroxylation is 1. The second-order valence-corrected chi connectivity index (χ2v) is 9.88. The van der Waals surface area contributed by atoms with Crippen molar-refractivity contribution in [1.29, 1.82) is 0 Å². The normalized spacial score (nSPS) is 13.4. The quantitative estimate of drug-likeness (QED) is 0.311. The van der Waals surface area contributed by atoms with Crippen molar-refractivity contribution >= 4 is 19.7 Å². The summed E-state index contributed by atoms with van der Waals surface area (Å²) in [6.45, 7) is 8.29.